The third kappa shape index (κ3) is 14.2. The maximum atomic E-state index is 14.7. The molecule has 15 nitrogen and oxygen atoms in total. The zero-order valence-corrected chi connectivity index (χ0v) is 43.6. The molecule has 3 amide bonds. The number of benzene rings is 1. The summed E-state index contributed by atoms with van der Waals surface area (Å²) in [6.45, 7) is 17.8. The Morgan fingerprint density at radius 3 is 2.15 bits per heavy atom. The van der Waals surface area contributed by atoms with Crippen molar-refractivity contribution < 1.29 is 47.8 Å². The minimum absolute atomic E-state index is 0.00869. The molecule has 2 saturated heterocycles. The van der Waals surface area contributed by atoms with E-state index in [0.29, 0.717) is 45.5 Å². The van der Waals surface area contributed by atoms with Gasteiger partial charge < -0.3 is 29.7 Å². The highest BCUT2D eigenvalue weighted by molar-refractivity contribution is 5.94. The summed E-state index contributed by atoms with van der Waals surface area (Å²) in [4.78, 5) is 95.7. The second kappa shape index (κ2) is 26.4. The normalized spacial score (nSPS) is 23.1. The number of ether oxygens (including phenoxy) is 3. The lowest BCUT2D eigenvalue weighted by molar-refractivity contribution is -0.203. The Kier molecular flexibility index (Phi) is 22.1. The molecule has 0 bridgehead atoms. The smallest absolute Gasteiger partial charge is 0.306 e. The van der Waals surface area contributed by atoms with Gasteiger partial charge in [0.2, 0.25) is 11.8 Å². The van der Waals surface area contributed by atoms with Gasteiger partial charge >= 0.3 is 5.97 Å². The molecule has 0 unspecified atom stereocenters. The first-order valence-corrected chi connectivity index (χ1v) is 25.5. The zero-order valence-electron chi connectivity index (χ0n) is 43.6. The highest BCUT2D eigenvalue weighted by atomic mass is 16.7. The van der Waals surface area contributed by atoms with Crippen molar-refractivity contribution in [2.24, 2.45) is 40.7 Å². The van der Waals surface area contributed by atoms with E-state index in [4.69, 9.17) is 24.8 Å². The van der Waals surface area contributed by atoms with Gasteiger partial charge in [0.1, 0.15) is 11.9 Å². The Bertz CT molecular complexity index is 1810. The van der Waals surface area contributed by atoms with Crippen LogP contribution in [0.4, 0.5) is 0 Å². The van der Waals surface area contributed by atoms with E-state index in [0.717, 1.165) is 31.2 Å². The fraction of sp³-hybridized carbons (Fsp3) is 0.774. The van der Waals surface area contributed by atoms with E-state index in [1.54, 1.807) is 33.1 Å². The van der Waals surface area contributed by atoms with E-state index in [2.05, 4.69) is 13.8 Å². The van der Waals surface area contributed by atoms with Gasteiger partial charge in [-0.2, -0.15) is 0 Å². The van der Waals surface area contributed by atoms with Gasteiger partial charge in [-0.05, 0) is 88.3 Å². The van der Waals surface area contributed by atoms with E-state index in [-0.39, 0.29) is 103 Å². The minimum Gasteiger partial charge on any atom is -0.461 e. The lowest BCUT2D eigenvalue weighted by atomic mass is 9.83. The van der Waals surface area contributed by atoms with Crippen molar-refractivity contribution in [3.8, 4) is 0 Å². The van der Waals surface area contributed by atoms with Gasteiger partial charge in [0, 0.05) is 72.0 Å². The molecular formula is C53H87N5O10. The van der Waals surface area contributed by atoms with Gasteiger partial charge in [0.15, 0.2) is 5.78 Å². The van der Waals surface area contributed by atoms with Crippen LogP contribution in [0.2, 0.25) is 0 Å². The minimum atomic E-state index is -0.899. The largest absolute Gasteiger partial charge is 0.461 e. The fourth-order valence-corrected chi connectivity index (χ4v) is 11.0. The summed E-state index contributed by atoms with van der Waals surface area (Å²) >= 11 is 0. The van der Waals surface area contributed by atoms with E-state index >= 15 is 0 Å². The van der Waals surface area contributed by atoms with Crippen molar-refractivity contribution in [2.75, 3.05) is 61.1 Å². The van der Waals surface area contributed by atoms with Gasteiger partial charge in [-0.1, -0.05) is 85.2 Å². The Labute approximate surface area is 407 Å². The lowest BCUT2D eigenvalue weighted by Gasteiger charge is -2.41. The summed E-state index contributed by atoms with van der Waals surface area (Å²) in [7, 11) is 6.80. The van der Waals surface area contributed by atoms with Crippen LogP contribution in [0.25, 0.3) is 0 Å². The molecule has 15 heteroatoms. The molecule has 68 heavy (non-hydrogen) atoms. The highest BCUT2D eigenvalue weighted by Gasteiger charge is 2.63. The molecule has 1 aromatic carbocycles. The van der Waals surface area contributed by atoms with Crippen LogP contribution in [0.3, 0.4) is 0 Å². The number of nitrogens with two attached hydrogens (primary N) is 1. The Morgan fingerprint density at radius 2 is 1.57 bits per heavy atom. The molecule has 0 spiro atoms. The lowest BCUT2D eigenvalue weighted by Crippen LogP contribution is -2.54. The first-order valence-electron chi connectivity index (χ1n) is 25.5. The summed E-state index contributed by atoms with van der Waals surface area (Å²) in [6.07, 6.45) is 3.65. The number of ketones is 2. The molecule has 1 aromatic rings. The number of likely N-dealkylation sites (tertiary alicyclic amines) is 1. The number of nitrogens with zero attached hydrogens (tertiary/aromatic N) is 4. The third-order valence-corrected chi connectivity index (χ3v) is 15.3. The molecule has 2 N–H and O–H groups in total. The summed E-state index contributed by atoms with van der Waals surface area (Å²) in [5.74, 6) is -2.43. The average molecular weight is 954 g/mol. The van der Waals surface area contributed by atoms with Crippen molar-refractivity contribution in [3.05, 3.63) is 35.9 Å². The Morgan fingerprint density at radius 1 is 0.882 bits per heavy atom. The quantitative estimate of drug-likeness (QED) is 0.0910. The average Bonchev–Trinajstić information content (AvgIpc) is 3.84. The van der Waals surface area contributed by atoms with Crippen molar-refractivity contribution in [3.63, 3.8) is 0 Å². The van der Waals surface area contributed by atoms with Crippen LogP contribution >= 0.6 is 0 Å². The number of Topliss-reactive ketones (excluding diaryl/α,β-unsaturated/α-hetero) is 2. The third-order valence-electron chi connectivity index (χ3n) is 15.3. The number of esters is 1. The SMILES string of the molecule is CC[C@H](C)[C@@H]([C@@H](CC(=O)N1CCC[C@H]1[C@H](OC)[C@@H](C)C(=O)C[C@@]1(C(=O)N2CCCCO2)C[C@@H]1c1ccccc1)OC)N(C)C(=O)[C@@H](CC(=O)[C@H](C(C)C)N(C)CCCC(=O)O[C@@H](C)CN)C(C)C. The van der Waals surface area contributed by atoms with Crippen LogP contribution in [-0.4, -0.2) is 153 Å². The van der Waals surface area contributed by atoms with E-state index in [1.807, 2.05) is 81.8 Å². The number of hydroxylamine groups is 2. The molecular weight excluding hydrogens is 867 g/mol. The van der Waals surface area contributed by atoms with Crippen molar-refractivity contribution >= 4 is 35.3 Å². The molecule has 4 rings (SSSR count). The molecule has 2 aliphatic heterocycles. The number of likely N-dealkylation sites (N-methyl/N-ethyl adjacent to an activating group) is 2. The van der Waals surface area contributed by atoms with Crippen LogP contribution in [0.15, 0.2) is 30.3 Å². The Hall–Kier alpha value is -3.76. The van der Waals surface area contributed by atoms with E-state index in [1.165, 1.54) is 5.06 Å². The molecule has 2 heterocycles. The van der Waals surface area contributed by atoms with Crippen LogP contribution in [0.5, 0.6) is 0 Å². The molecule has 3 fully saturated rings. The summed E-state index contributed by atoms with van der Waals surface area (Å²) < 4.78 is 17.6. The molecule has 1 saturated carbocycles. The van der Waals surface area contributed by atoms with E-state index in [9.17, 15) is 28.8 Å². The van der Waals surface area contributed by atoms with Gasteiger partial charge in [0.25, 0.3) is 5.91 Å². The van der Waals surface area contributed by atoms with Crippen LogP contribution in [-0.2, 0) is 47.8 Å². The first-order chi connectivity index (χ1) is 32.3. The molecule has 384 valence electrons. The maximum Gasteiger partial charge on any atom is 0.306 e. The van der Waals surface area contributed by atoms with Crippen LogP contribution < -0.4 is 5.73 Å². The second-order valence-electron chi connectivity index (χ2n) is 20.8. The topological polar surface area (TPSA) is 178 Å². The fourth-order valence-electron chi connectivity index (χ4n) is 11.0. The van der Waals surface area contributed by atoms with Crippen molar-refractivity contribution in [1.29, 1.82) is 0 Å². The van der Waals surface area contributed by atoms with Gasteiger partial charge in [0.05, 0.1) is 48.8 Å². The summed E-state index contributed by atoms with van der Waals surface area (Å²) in [5, 5.41) is 1.47. The molecule has 11 atom stereocenters. The van der Waals surface area contributed by atoms with Gasteiger partial charge in [-0.3, -0.25) is 38.5 Å². The molecule has 0 aromatic heterocycles. The molecule has 0 radical (unpaired) electrons. The predicted molar refractivity (Wildman–Crippen MR) is 262 cm³/mol. The maximum absolute atomic E-state index is 14.7. The highest BCUT2D eigenvalue weighted by Crippen LogP contribution is 2.63. The Balaban J connectivity index is 1.47. The number of rotatable bonds is 28. The van der Waals surface area contributed by atoms with Gasteiger partial charge in [-0.15, -0.1) is 0 Å². The monoisotopic (exact) mass is 954 g/mol. The number of hydrogen-bond donors (Lipinski definition) is 1. The van der Waals surface area contributed by atoms with Crippen LogP contribution in [0.1, 0.15) is 138 Å². The second-order valence-corrected chi connectivity index (χ2v) is 20.8. The number of hydrogen-bond acceptors (Lipinski definition) is 12. The molecule has 3 aliphatic rings. The number of amides is 3. The number of carbonyl (C=O) groups excluding carboxylic acids is 6. The summed E-state index contributed by atoms with van der Waals surface area (Å²) in [5.41, 5.74) is 5.73. The van der Waals surface area contributed by atoms with Gasteiger partial charge in [-0.25, -0.2) is 5.06 Å². The van der Waals surface area contributed by atoms with Crippen molar-refractivity contribution in [1.82, 2.24) is 19.8 Å². The van der Waals surface area contributed by atoms with Crippen LogP contribution in [0, 0.1) is 35.0 Å². The van der Waals surface area contributed by atoms with Crippen molar-refractivity contribution in [2.45, 2.75) is 168 Å². The number of carbonyl (C=O) groups is 6. The zero-order chi connectivity index (χ0) is 50.5. The summed E-state index contributed by atoms with van der Waals surface area (Å²) in [6, 6.07) is 8.59. The number of methoxy groups -OCH3 is 2. The standard InChI is InChI=1S/C53H87N5O10/c1-13-36(6)49(56(10)51(63)40(34(2)3)29-43(59)48(35(4)5)55(9)25-20-24-47(62)68-37(7)33-54)45(65-11)30-46(61)57-26-19-23-42(57)50(66-12)38(8)44(60)32-53(52(64)58-27-17-18-28-67-58)31-41(53)39-21-15-14-16-22-39/h14-16,21-22,34-38,40-42,45,48-50H,13,17-20,23-33,54H2,1-12H3/t36-,37-,38-,40-,41+,42-,45+,48-,49-,50+,53-/m0/s1. The van der Waals surface area contributed by atoms with E-state index < -0.39 is 41.5 Å². The first kappa shape index (κ1) is 56.8. The molecule has 1 aliphatic carbocycles. The predicted octanol–water partition coefficient (Wildman–Crippen LogP) is 6.45.